The summed E-state index contributed by atoms with van der Waals surface area (Å²) in [4.78, 5) is 9.01. The quantitative estimate of drug-likeness (QED) is 0.552. The van der Waals surface area contributed by atoms with Gasteiger partial charge in [-0.25, -0.2) is 0 Å². The van der Waals surface area contributed by atoms with Gasteiger partial charge in [0.15, 0.2) is 6.29 Å². The zero-order valence-corrected chi connectivity index (χ0v) is 16.4. The van der Waals surface area contributed by atoms with Crippen LogP contribution in [-0.4, -0.2) is 36.1 Å². The van der Waals surface area contributed by atoms with Crippen LogP contribution >= 0.6 is 0 Å². The van der Waals surface area contributed by atoms with Crippen molar-refractivity contribution < 1.29 is 18.9 Å². The minimum atomic E-state index is -0.182. The molecule has 1 aromatic heterocycles. The lowest BCUT2D eigenvalue weighted by Gasteiger charge is -2.23. The number of nitrogens with zero attached hydrogens (tertiary/aromatic N) is 2. The Bertz CT molecular complexity index is 717. The first kappa shape index (κ1) is 19.7. The van der Waals surface area contributed by atoms with Crippen molar-refractivity contribution in [2.45, 2.75) is 65.1 Å². The van der Waals surface area contributed by atoms with E-state index in [1.165, 1.54) is 0 Å². The van der Waals surface area contributed by atoms with Crippen molar-refractivity contribution in [2.24, 2.45) is 0 Å². The van der Waals surface area contributed by atoms with Gasteiger partial charge in [-0.3, -0.25) is 0 Å². The van der Waals surface area contributed by atoms with E-state index >= 15 is 0 Å². The lowest BCUT2D eigenvalue weighted by molar-refractivity contribution is -0.105. The molecule has 1 aliphatic heterocycles. The molecule has 0 spiro atoms. The second-order valence-electron chi connectivity index (χ2n) is 6.81. The van der Waals surface area contributed by atoms with Crippen LogP contribution in [0.5, 0.6) is 17.6 Å². The first-order valence-corrected chi connectivity index (χ1v) is 10.2. The summed E-state index contributed by atoms with van der Waals surface area (Å²) in [5.74, 6) is 1.30. The molecule has 1 saturated heterocycles. The molecular formula is C21H30N2O4. The number of aromatic nitrogens is 2. The summed E-state index contributed by atoms with van der Waals surface area (Å²) >= 11 is 0. The van der Waals surface area contributed by atoms with Crippen LogP contribution in [-0.2, 0) is 4.74 Å². The van der Waals surface area contributed by atoms with Gasteiger partial charge in [0.2, 0.25) is 5.88 Å². The number of benzene rings is 1. The van der Waals surface area contributed by atoms with E-state index in [0.29, 0.717) is 25.1 Å². The number of hydrogen-bond acceptors (Lipinski definition) is 6. The summed E-state index contributed by atoms with van der Waals surface area (Å²) in [5, 5.41) is 0.835. The number of fused-ring (bicyclic) bond motifs is 1. The Morgan fingerprint density at radius 1 is 1.04 bits per heavy atom. The monoisotopic (exact) mass is 374 g/mol. The van der Waals surface area contributed by atoms with Gasteiger partial charge in [-0.15, -0.1) is 0 Å². The second-order valence-corrected chi connectivity index (χ2v) is 6.81. The van der Waals surface area contributed by atoms with Crippen LogP contribution in [0, 0.1) is 0 Å². The number of unbranched alkanes of at least 4 members (excludes halogenated alkanes) is 2. The van der Waals surface area contributed by atoms with Gasteiger partial charge < -0.3 is 18.9 Å². The Balaban J connectivity index is 1.82. The molecule has 6 nitrogen and oxygen atoms in total. The van der Waals surface area contributed by atoms with Crippen LogP contribution in [0.1, 0.15) is 58.8 Å². The van der Waals surface area contributed by atoms with Crippen molar-refractivity contribution in [2.75, 3.05) is 19.8 Å². The Morgan fingerprint density at radius 2 is 1.85 bits per heavy atom. The Morgan fingerprint density at radius 3 is 2.59 bits per heavy atom. The molecule has 0 bridgehead atoms. The van der Waals surface area contributed by atoms with Gasteiger partial charge in [-0.2, -0.15) is 9.97 Å². The molecule has 0 amide bonds. The average Bonchev–Trinajstić information content (AvgIpc) is 2.69. The van der Waals surface area contributed by atoms with Crippen molar-refractivity contribution >= 4 is 10.9 Å². The van der Waals surface area contributed by atoms with Crippen LogP contribution < -0.4 is 14.2 Å². The number of hydrogen-bond donors (Lipinski definition) is 0. The minimum Gasteiger partial charge on any atom is -0.477 e. The van der Waals surface area contributed by atoms with Crippen molar-refractivity contribution in [3.8, 4) is 17.6 Å². The molecule has 148 valence electrons. The molecule has 1 aromatic carbocycles. The van der Waals surface area contributed by atoms with E-state index in [0.717, 1.165) is 68.2 Å². The van der Waals surface area contributed by atoms with Gasteiger partial charge in [0, 0.05) is 6.42 Å². The molecule has 3 rings (SSSR count). The standard InChI is InChI=1S/C21H30N2O4/c1-3-5-12-25-20-17-15-16(27-19-9-7-8-14-24-19)10-11-18(17)22-21(23-20)26-13-6-4-2/h10-11,15,19H,3-9,12-14H2,1-2H3. The predicted octanol–water partition coefficient (Wildman–Crippen LogP) is 4.89. The molecule has 2 aromatic rings. The maximum atomic E-state index is 5.99. The van der Waals surface area contributed by atoms with Crippen LogP contribution in [0.4, 0.5) is 0 Å². The summed E-state index contributed by atoms with van der Waals surface area (Å²) in [5.41, 5.74) is 0.792. The van der Waals surface area contributed by atoms with Crippen LogP contribution in [0.2, 0.25) is 0 Å². The zero-order chi connectivity index (χ0) is 18.9. The molecule has 1 fully saturated rings. The fourth-order valence-corrected chi connectivity index (χ4v) is 2.88. The SMILES string of the molecule is CCCCOc1nc(OCCCC)c2cc(OC3CCCCO3)ccc2n1. The maximum Gasteiger partial charge on any atom is 0.320 e. The van der Waals surface area contributed by atoms with E-state index in [1.807, 2.05) is 18.2 Å². The highest BCUT2D eigenvalue weighted by molar-refractivity contribution is 5.85. The molecule has 2 heterocycles. The minimum absolute atomic E-state index is 0.182. The van der Waals surface area contributed by atoms with Crippen LogP contribution in [0.25, 0.3) is 10.9 Å². The predicted molar refractivity (Wildman–Crippen MR) is 105 cm³/mol. The first-order valence-electron chi connectivity index (χ1n) is 10.2. The van der Waals surface area contributed by atoms with Gasteiger partial charge in [0.05, 0.1) is 30.7 Å². The van der Waals surface area contributed by atoms with Crippen LogP contribution in [0.3, 0.4) is 0 Å². The van der Waals surface area contributed by atoms with Gasteiger partial charge in [-0.1, -0.05) is 26.7 Å². The highest BCUT2D eigenvalue weighted by Gasteiger charge is 2.17. The molecule has 6 heteroatoms. The molecule has 27 heavy (non-hydrogen) atoms. The van der Waals surface area contributed by atoms with Gasteiger partial charge >= 0.3 is 6.01 Å². The van der Waals surface area contributed by atoms with E-state index in [4.69, 9.17) is 18.9 Å². The van der Waals surface area contributed by atoms with Gasteiger partial charge in [0.1, 0.15) is 5.75 Å². The third-order valence-electron chi connectivity index (χ3n) is 4.48. The van der Waals surface area contributed by atoms with E-state index in [9.17, 15) is 0 Å². The molecule has 1 aliphatic rings. The molecular weight excluding hydrogens is 344 g/mol. The lowest BCUT2D eigenvalue weighted by Crippen LogP contribution is -2.24. The van der Waals surface area contributed by atoms with E-state index in [1.54, 1.807) is 0 Å². The van der Waals surface area contributed by atoms with E-state index in [2.05, 4.69) is 23.8 Å². The summed E-state index contributed by atoms with van der Waals surface area (Å²) in [6.45, 7) is 6.24. The summed E-state index contributed by atoms with van der Waals surface area (Å²) in [6.07, 6.45) is 7.04. The average molecular weight is 374 g/mol. The Labute approximate surface area is 161 Å². The molecule has 1 unspecified atom stereocenters. The lowest BCUT2D eigenvalue weighted by atomic mass is 10.2. The smallest absolute Gasteiger partial charge is 0.320 e. The molecule has 0 N–H and O–H groups in total. The zero-order valence-electron chi connectivity index (χ0n) is 16.4. The fourth-order valence-electron chi connectivity index (χ4n) is 2.88. The normalized spacial score (nSPS) is 17.0. The van der Waals surface area contributed by atoms with E-state index in [-0.39, 0.29) is 6.29 Å². The van der Waals surface area contributed by atoms with E-state index < -0.39 is 0 Å². The third kappa shape index (κ3) is 5.70. The Kier molecular flexibility index (Phi) is 7.51. The molecule has 1 atom stereocenters. The van der Waals surface area contributed by atoms with Crippen molar-refractivity contribution in [1.82, 2.24) is 9.97 Å². The first-order chi connectivity index (χ1) is 13.3. The molecule has 0 aliphatic carbocycles. The molecule has 0 saturated carbocycles. The number of ether oxygens (including phenoxy) is 4. The molecule has 0 radical (unpaired) electrons. The highest BCUT2D eigenvalue weighted by atomic mass is 16.7. The summed E-state index contributed by atoms with van der Waals surface area (Å²) < 4.78 is 23.3. The van der Waals surface area contributed by atoms with Crippen molar-refractivity contribution in [1.29, 1.82) is 0 Å². The maximum absolute atomic E-state index is 5.99. The summed E-state index contributed by atoms with van der Waals surface area (Å²) in [7, 11) is 0. The van der Waals surface area contributed by atoms with Crippen LogP contribution in [0.15, 0.2) is 18.2 Å². The highest BCUT2D eigenvalue weighted by Crippen LogP contribution is 2.30. The fraction of sp³-hybridized carbons (Fsp3) is 0.619. The van der Waals surface area contributed by atoms with Crippen molar-refractivity contribution in [3.63, 3.8) is 0 Å². The van der Waals surface area contributed by atoms with Gasteiger partial charge in [-0.05, 0) is 43.9 Å². The van der Waals surface area contributed by atoms with Gasteiger partial charge in [0.25, 0.3) is 0 Å². The largest absolute Gasteiger partial charge is 0.477 e. The number of rotatable bonds is 10. The third-order valence-corrected chi connectivity index (χ3v) is 4.48. The van der Waals surface area contributed by atoms with Crippen molar-refractivity contribution in [3.05, 3.63) is 18.2 Å². The second kappa shape index (κ2) is 10.3. The summed E-state index contributed by atoms with van der Waals surface area (Å²) in [6, 6.07) is 6.14. The Hall–Kier alpha value is -2.08. The topological polar surface area (TPSA) is 62.7 Å².